The number of amides is 1. The van der Waals surface area contributed by atoms with E-state index in [-0.39, 0.29) is 11.6 Å². The Kier molecular flexibility index (Phi) is 5.43. The molecule has 0 fully saturated rings. The number of amidine groups is 1. The number of rotatable bonds is 5. The summed E-state index contributed by atoms with van der Waals surface area (Å²) in [5, 5.41) is 22.0. The van der Waals surface area contributed by atoms with Gasteiger partial charge in [0.25, 0.3) is 11.6 Å². The van der Waals surface area contributed by atoms with E-state index in [4.69, 9.17) is 9.41 Å². The second-order valence-corrected chi connectivity index (χ2v) is 8.51. The lowest BCUT2D eigenvalue weighted by molar-refractivity contribution is -0.384. The second-order valence-electron chi connectivity index (χ2n) is 7.43. The first kappa shape index (κ1) is 21.0. The molecule has 1 aromatic heterocycles. The number of hydrogen-bond acceptors (Lipinski definition) is 8. The predicted molar refractivity (Wildman–Crippen MR) is 124 cm³/mol. The fourth-order valence-corrected chi connectivity index (χ4v) is 4.38. The number of hydrazone groups is 1. The largest absolute Gasteiger partial charge is 0.457 e. The van der Waals surface area contributed by atoms with Crippen LogP contribution in [0.2, 0.25) is 0 Å². The molecule has 5 rings (SSSR count). The maximum absolute atomic E-state index is 13.0. The molecule has 0 radical (unpaired) electrons. The predicted octanol–water partition coefficient (Wildman–Crippen LogP) is 3.14. The van der Waals surface area contributed by atoms with Gasteiger partial charge in [0.05, 0.1) is 10.3 Å². The van der Waals surface area contributed by atoms with Crippen LogP contribution in [0.4, 0.5) is 5.69 Å². The van der Waals surface area contributed by atoms with Gasteiger partial charge in [-0.2, -0.15) is 0 Å². The minimum atomic E-state index is -0.662. The number of para-hydroxylation sites is 1. The van der Waals surface area contributed by atoms with Crippen LogP contribution in [0.1, 0.15) is 25.3 Å². The summed E-state index contributed by atoms with van der Waals surface area (Å²) in [7, 11) is 0. The van der Waals surface area contributed by atoms with Gasteiger partial charge in [0, 0.05) is 28.7 Å². The molecule has 33 heavy (non-hydrogen) atoms. The number of nitrogens with zero attached hydrogens (tertiary/aromatic N) is 4. The number of non-ortho nitro benzene ring substituents is 1. The fraction of sp³-hybridized carbons (Fsp3) is 0.174. The molecule has 0 bridgehead atoms. The average Bonchev–Trinajstić information content (AvgIpc) is 3.32. The van der Waals surface area contributed by atoms with Crippen molar-refractivity contribution in [3.8, 4) is 11.3 Å². The molecular formula is C23H19N5O4S. The molecule has 0 saturated carbocycles. The van der Waals surface area contributed by atoms with Gasteiger partial charge in [-0.3, -0.25) is 20.2 Å². The lowest BCUT2D eigenvalue weighted by Gasteiger charge is -2.32. The van der Waals surface area contributed by atoms with Crippen molar-refractivity contribution in [2.75, 3.05) is 5.75 Å². The molecule has 2 aromatic carbocycles. The highest BCUT2D eigenvalue weighted by Gasteiger charge is 2.35. The zero-order valence-corrected chi connectivity index (χ0v) is 18.4. The van der Waals surface area contributed by atoms with Gasteiger partial charge in [-0.1, -0.05) is 36.9 Å². The summed E-state index contributed by atoms with van der Waals surface area (Å²) in [6, 6.07) is 17.1. The van der Waals surface area contributed by atoms with Crippen molar-refractivity contribution in [3.63, 3.8) is 0 Å². The van der Waals surface area contributed by atoms with Gasteiger partial charge >= 0.3 is 0 Å². The molecule has 0 saturated heterocycles. The first-order valence-corrected chi connectivity index (χ1v) is 11.4. The maximum Gasteiger partial charge on any atom is 0.276 e. The van der Waals surface area contributed by atoms with Gasteiger partial charge in [-0.05, 0) is 36.8 Å². The molecule has 1 N–H and O–H groups in total. The van der Waals surface area contributed by atoms with Gasteiger partial charge in [-0.25, -0.2) is 10.0 Å². The highest BCUT2D eigenvalue weighted by molar-refractivity contribution is 8.13. The molecule has 0 spiro atoms. The number of carbonyl (C=O) groups excluding carboxylic acids is 1. The van der Waals surface area contributed by atoms with Gasteiger partial charge in [-0.15, -0.1) is 5.10 Å². The Labute approximate surface area is 192 Å². The van der Waals surface area contributed by atoms with E-state index < -0.39 is 11.1 Å². The lowest BCUT2D eigenvalue weighted by atomic mass is 10.1. The van der Waals surface area contributed by atoms with Crippen LogP contribution < -0.4 is 15.9 Å². The molecule has 9 nitrogen and oxygen atoms in total. The molecule has 2 aliphatic heterocycles. The molecule has 0 aliphatic carbocycles. The van der Waals surface area contributed by atoms with Gasteiger partial charge in [0.15, 0.2) is 10.9 Å². The maximum atomic E-state index is 13.0. The van der Waals surface area contributed by atoms with Crippen molar-refractivity contribution in [2.24, 2.45) is 10.1 Å². The van der Waals surface area contributed by atoms with Crippen LogP contribution in [-0.4, -0.2) is 26.8 Å². The minimum absolute atomic E-state index is 0.00874. The van der Waals surface area contributed by atoms with Crippen LogP contribution in [0.3, 0.4) is 0 Å². The summed E-state index contributed by atoms with van der Waals surface area (Å²) >= 11 is 1.48. The molecule has 2 aliphatic rings. The number of nitro benzene ring substituents is 1. The normalized spacial score (nSPS) is 16.9. The number of nitrogens with one attached hydrogen (secondary N) is 1. The Morgan fingerprint density at radius 2 is 1.94 bits per heavy atom. The number of nitro groups is 1. The summed E-state index contributed by atoms with van der Waals surface area (Å²) in [6.45, 7) is 2.06. The first-order valence-electron chi connectivity index (χ1n) is 10.4. The summed E-state index contributed by atoms with van der Waals surface area (Å²) < 4.78 is 6.10. The van der Waals surface area contributed by atoms with Crippen molar-refractivity contribution >= 4 is 34.2 Å². The number of furan rings is 1. The highest BCUT2D eigenvalue weighted by Crippen LogP contribution is 2.34. The van der Waals surface area contributed by atoms with Crippen LogP contribution >= 0.6 is 11.8 Å². The zero-order chi connectivity index (χ0) is 22.9. The van der Waals surface area contributed by atoms with E-state index in [1.165, 1.54) is 23.9 Å². The van der Waals surface area contributed by atoms with Gasteiger partial charge in [0.1, 0.15) is 11.5 Å². The van der Waals surface area contributed by atoms with E-state index in [9.17, 15) is 14.9 Å². The number of fused-ring (bicyclic) bond motifs is 2. The summed E-state index contributed by atoms with van der Waals surface area (Å²) in [5.41, 5.74) is 1.13. The summed E-state index contributed by atoms with van der Waals surface area (Å²) in [4.78, 5) is 28.3. The number of carbonyl (C=O) groups is 1. The minimum Gasteiger partial charge on any atom is -0.457 e. The molecule has 166 valence electrons. The molecule has 1 amide bonds. The van der Waals surface area contributed by atoms with E-state index in [1.807, 2.05) is 24.3 Å². The Hall–Kier alpha value is -3.92. The van der Waals surface area contributed by atoms with Crippen LogP contribution in [0.5, 0.6) is 0 Å². The standard InChI is InChI=1S/C23H19N5O4S/c1-2-13-33-23-25-22(29)20-16-5-3-4-6-17(16)24-21(27(20)26-23)19-12-11-18(32-19)14-7-9-15(10-8-14)28(30)31/h3-12,21H,2,13H2,1H3,(H,25,26,29). The van der Waals surface area contributed by atoms with E-state index in [1.54, 1.807) is 29.3 Å². The third kappa shape index (κ3) is 3.89. The van der Waals surface area contributed by atoms with Crippen molar-refractivity contribution in [2.45, 2.75) is 19.5 Å². The van der Waals surface area contributed by atoms with E-state index >= 15 is 0 Å². The van der Waals surface area contributed by atoms with E-state index in [2.05, 4.69) is 17.3 Å². The molecule has 10 heteroatoms. The number of thioether (sulfide) groups is 1. The van der Waals surface area contributed by atoms with Crippen molar-refractivity contribution in [3.05, 3.63) is 87.1 Å². The monoisotopic (exact) mass is 461 g/mol. The van der Waals surface area contributed by atoms with Crippen molar-refractivity contribution in [1.29, 1.82) is 0 Å². The van der Waals surface area contributed by atoms with Gasteiger partial charge in [0.2, 0.25) is 6.17 Å². The fourth-order valence-electron chi connectivity index (χ4n) is 3.67. The molecule has 3 heterocycles. The second kappa shape index (κ2) is 8.55. The first-order chi connectivity index (χ1) is 16.0. The highest BCUT2D eigenvalue weighted by atomic mass is 32.2. The topological polar surface area (TPSA) is 113 Å². The lowest BCUT2D eigenvalue weighted by Crippen LogP contribution is -2.50. The summed E-state index contributed by atoms with van der Waals surface area (Å²) in [6.07, 6.45) is 0.286. The van der Waals surface area contributed by atoms with Gasteiger partial charge < -0.3 is 4.42 Å². The molecular weight excluding hydrogens is 442 g/mol. The van der Waals surface area contributed by atoms with E-state index in [0.717, 1.165) is 12.2 Å². The Balaban J connectivity index is 1.57. The average molecular weight is 462 g/mol. The van der Waals surface area contributed by atoms with Crippen LogP contribution in [0.15, 0.2) is 75.2 Å². The zero-order valence-electron chi connectivity index (χ0n) is 17.6. The van der Waals surface area contributed by atoms with E-state index in [0.29, 0.717) is 38.5 Å². The number of hydrogen-bond donors (Lipinski definition) is 1. The van der Waals surface area contributed by atoms with Crippen molar-refractivity contribution < 1.29 is 14.1 Å². The smallest absolute Gasteiger partial charge is 0.276 e. The molecule has 1 unspecified atom stereocenters. The summed E-state index contributed by atoms with van der Waals surface area (Å²) in [5.74, 6) is 1.64. The Bertz CT molecular complexity index is 1400. The van der Waals surface area contributed by atoms with Crippen molar-refractivity contribution in [1.82, 2.24) is 10.3 Å². The van der Waals surface area contributed by atoms with Crippen LogP contribution in [0, 0.1) is 10.1 Å². The van der Waals surface area contributed by atoms with Crippen LogP contribution in [-0.2, 0) is 4.79 Å². The SMILES string of the molecule is CCCSC1=NN2C(=c3ccccc3=NC2c2ccc(-c3ccc([N+](=O)[O-])cc3)o2)C(=O)N1. The third-order valence-corrected chi connectivity index (χ3v) is 6.27. The Morgan fingerprint density at radius 3 is 2.70 bits per heavy atom. The molecule has 1 atom stereocenters. The Morgan fingerprint density at radius 1 is 1.15 bits per heavy atom. The number of benzene rings is 2. The quantitative estimate of drug-likeness (QED) is 0.461. The van der Waals surface area contributed by atoms with Crippen LogP contribution in [0.25, 0.3) is 17.0 Å². The third-order valence-electron chi connectivity index (χ3n) is 5.20. The molecule has 3 aromatic rings.